The van der Waals surface area contributed by atoms with E-state index in [0.29, 0.717) is 10.7 Å². The summed E-state index contributed by atoms with van der Waals surface area (Å²) in [6.07, 6.45) is 3.75. The lowest BCUT2D eigenvalue weighted by molar-refractivity contribution is -0.384. The second-order valence-electron chi connectivity index (χ2n) is 5.31. The average Bonchev–Trinajstić information content (AvgIpc) is 3.02. The molecule has 0 spiro atoms. The van der Waals surface area contributed by atoms with Gasteiger partial charge in [-0.1, -0.05) is 42.5 Å². The number of anilines is 1. The number of non-ortho nitro benzene ring substituents is 1. The van der Waals surface area contributed by atoms with Gasteiger partial charge in [-0.3, -0.25) is 20.2 Å². The Morgan fingerprint density at radius 1 is 1.32 bits per heavy atom. The van der Waals surface area contributed by atoms with Gasteiger partial charge in [-0.05, 0) is 29.7 Å². The van der Waals surface area contributed by atoms with Crippen LogP contribution in [-0.4, -0.2) is 15.8 Å². The molecule has 1 amide bonds. The van der Waals surface area contributed by atoms with Crippen LogP contribution in [0.1, 0.15) is 18.1 Å². The molecule has 0 radical (unpaired) electrons. The number of rotatable bonds is 5. The van der Waals surface area contributed by atoms with Crippen molar-refractivity contribution in [1.82, 2.24) is 4.98 Å². The average molecular weight is 353 g/mol. The first-order valence-electron chi connectivity index (χ1n) is 7.69. The standard InChI is InChI=1S/C18H15N3O3S/c1-2-13-6-4-8-15-17(13)20-18(25-15)19-16(22)10-9-12-5-3-7-14(11-12)21(23)24/h3-11H,2H2,1H3,(H,19,20,22). The molecule has 2 aromatic carbocycles. The van der Waals surface area contributed by atoms with Crippen molar-refractivity contribution < 1.29 is 9.72 Å². The van der Waals surface area contributed by atoms with Crippen LogP contribution in [0.3, 0.4) is 0 Å². The number of hydrogen-bond acceptors (Lipinski definition) is 5. The Kier molecular flexibility index (Phi) is 4.85. The molecule has 0 saturated heterocycles. The predicted molar refractivity (Wildman–Crippen MR) is 99.8 cm³/mol. The van der Waals surface area contributed by atoms with Gasteiger partial charge in [0.15, 0.2) is 5.13 Å². The number of aromatic nitrogens is 1. The molecule has 0 aliphatic carbocycles. The highest BCUT2D eigenvalue weighted by molar-refractivity contribution is 7.22. The number of thiazole rings is 1. The van der Waals surface area contributed by atoms with Gasteiger partial charge in [0.2, 0.25) is 5.91 Å². The number of hydrogen-bond donors (Lipinski definition) is 1. The number of carbonyl (C=O) groups is 1. The van der Waals surface area contributed by atoms with E-state index in [2.05, 4.69) is 17.2 Å². The smallest absolute Gasteiger partial charge is 0.270 e. The molecular weight excluding hydrogens is 338 g/mol. The van der Waals surface area contributed by atoms with Crippen LogP contribution < -0.4 is 5.32 Å². The molecule has 25 heavy (non-hydrogen) atoms. The van der Waals surface area contributed by atoms with Crippen molar-refractivity contribution in [3.63, 3.8) is 0 Å². The molecule has 0 bridgehead atoms. The Balaban J connectivity index is 1.74. The maximum atomic E-state index is 12.1. The third-order valence-corrected chi connectivity index (χ3v) is 4.56. The summed E-state index contributed by atoms with van der Waals surface area (Å²) in [5.41, 5.74) is 2.62. The Labute approximate surface area is 148 Å². The molecule has 126 valence electrons. The highest BCUT2D eigenvalue weighted by Crippen LogP contribution is 2.28. The summed E-state index contributed by atoms with van der Waals surface area (Å²) in [4.78, 5) is 26.8. The Bertz CT molecular complexity index is 979. The number of benzene rings is 2. The van der Waals surface area contributed by atoms with E-state index < -0.39 is 4.92 Å². The zero-order chi connectivity index (χ0) is 17.8. The first-order valence-corrected chi connectivity index (χ1v) is 8.50. The van der Waals surface area contributed by atoms with Crippen molar-refractivity contribution >= 4 is 44.4 Å². The maximum Gasteiger partial charge on any atom is 0.270 e. The van der Waals surface area contributed by atoms with E-state index >= 15 is 0 Å². The summed E-state index contributed by atoms with van der Waals surface area (Å²) >= 11 is 1.42. The topological polar surface area (TPSA) is 85.1 Å². The van der Waals surface area contributed by atoms with Gasteiger partial charge in [0.1, 0.15) is 0 Å². The Hall–Kier alpha value is -3.06. The normalized spacial score (nSPS) is 11.1. The van der Waals surface area contributed by atoms with Gasteiger partial charge in [0.25, 0.3) is 5.69 Å². The van der Waals surface area contributed by atoms with E-state index in [1.807, 2.05) is 18.2 Å². The summed E-state index contributed by atoms with van der Waals surface area (Å²) in [7, 11) is 0. The number of amides is 1. The molecule has 1 heterocycles. The van der Waals surface area contributed by atoms with Gasteiger partial charge in [0.05, 0.1) is 15.1 Å². The van der Waals surface area contributed by atoms with Gasteiger partial charge >= 0.3 is 0 Å². The number of nitrogens with one attached hydrogen (secondary N) is 1. The largest absolute Gasteiger partial charge is 0.298 e. The zero-order valence-corrected chi connectivity index (χ0v) is 14.2. The third kappa shape index (κ3) is 3.89. The van der Waals surface area contributed by atoms with Crippen molar-refractivity contribution in [2.75, 3.05) is 5.32 Å². The van der Waals surface area contributed by atoms with Crippen LogP contribution >= 0.6 is 11.3 Å². The van der Waals surface area contributed by atoms with E-state index in [0.717, 1.165) is 22.2 Å². The molecule has 3 rings (SSSR count). The van der Waals surface area contributed by atoms with E-state index in [9.17, 15) is 14.9 Å². The van der Waals surface area contributed by atoms with Crippen LogP contribution in [0.25, 0.3) is 16.3 Å². The minimum absolute atomic E-state index is 0.0131. The number of nitro benzene ring substituents is 1. The van der Waals surface area contributed by atoms with E-state index in [1.165, 1.54) is 35.6 Å². The fourth-order valence-electron chi connectivity index (χ4n) is 2.41. The van der Waals surface area contributed by atoms with Crippen molar-refractivity contribution in [3.05, 3.63) is 69.8 Å². The monoisotopic (exact) mass is 353 g/mol. The van der Waals surface area contributed by atoms with E-state index in [4.69, 9.17) is 0 Å². The first kappa shape index (κ1) is 16.8. The Morgan fingerprint density at radius 3 is 2.88 bits per heavy atom. The van der Waals surface area contributed by atoms with Crippen LogP contribution in [0.5, 0.6) is 0 Å². The van der Waals surface area contributed by atoms with Crippen LogP contribution in [-0.2, 0) is 11.2 Å². The lowest BCUT2D eigenvalue weighted by Crippen LogP contribution is -2.07. The highest BCUT2D eigenvalue weighted by Gasteiger charge is 2.09. The minimum Gasteiger partial charge on any atom is -0.298 e. The SMILES string of the molecule is CCc1cccc2sc(NC(=O)C=Cc3cccc([N+](=O)[O-])c3)nc12. The molecule has 3 aromatic rings. The molecule has 0 atom stereocenters. The van der Waals surface area contributed by atoms with Gasteiger partial charge in [-0.2, -0.15) is 0 Å². The zero-order valence-electron chi connectivity index (χ0n) is 13.4. The summed E-state index contributed by atoms with van der Waals surface area (Å²) < 4.78 is 1.03. The lowest BCUT2D eigenvalue weighted by atomic mass is 10.1. The first-order chi connectivity index (χ1) is 12.1. The number of nitrogens with zero attached hydrogens (tertiary/aromatic N) is 2. The molecule has 0 unspecified atom stereocenters. The predicted octanol–water partition coefficient (Wildman–Crippen LogP) is 4.42. The van der Waals surface area contributed by atoms with Crippen molar-refractivity contribution in [3.8, 4) is 0 Å². The van der Waals surface area contributed by atoms with Crippen LogP contribution in [0.4, 0.5) is 10.8 Å². The third-order valence-electron chi connectivity index (χ3n) is 3.62. The second kappa shape index (κ2) is 7.23. The van der Waals surface area contributed by atoms with Gasteiger partial charge in [-0.15, -0.1) is 0 Å². The Morgan fingerprint density at radius 2 is 2.12 bits per heavy atom. The lowest BCUT2D eigenvalue weighted by Gasteiger charge is -1.97. The van der Waals surface area contributed by atoms with Crippen LogP contribution in [0, 0.1) is 10.1 Å². The fourth-order valence-corrected chi connectivity index (χ4v) is 3.32. The quantitative estimate of drug-likeness (QED) is 0.418. The van der Waals surface area contributed by atoms with Crippen molar-refractivity contribution in [1.29, 1.82) is 0 Å². The number of fused-ring (bicyclic) bond motifs is 1. The molecular formula is C18H15N3O3S. The van der Waals surface area contributed by atoms with E-state index in [1.54, 1.807) is 12.1 Å². The van der Waals surface area contributed by atoms with Gasteiger partial charge in [0, 0.05) is 18.2 Å². The molecule has 7 heteroatoms. The van der Waals surface area contributed by atoms with Crippen LogP contribution in [0.15, 0.2) is 48.5 Å². The number of carbonyl (C=O) groups excluding carboxylic acids is 1. The molecule has 1 aromatic heterocycles. The molecule has 0 saturated carbocycles. The summed E-state index contributed by atoms with van der Waals surface area (Å²) in [5, 5.41) is 14.0. The van der Waals surface area contributed by atoms with Gasteiger partial charge in [-0.25, -0.2) is 4.98 Å². The fraction of sp³-hybridized carbons (Fsp3) is 0.111. The molecule has 6 nitrogen and oxygen atoms in total. The van der Waals surface area contributed by atoms with Crippen molar-refractivity contribution in [2.24, 2.45) is 0 Å². The van der Waals surface area contributed by atoms with Crippen molar-refractivity contribution in [2.45, 2.75) is 13.3 Å². The maximum absolute atomic E-state index is 12.1. The summed E-state index contributed by atoms with van der Waals surface area (Å²) in [6.45, 7) is 2.06. The van der Waals surface area contributed by atoms with E-state index in [-0.39, 0.29) is 11.6 Å². The van der Waals surface area contributed by atoms with Gasteiger partial charge < -0.3 is 0 Å². The summed E-state index contributed by atoms with van der Waals surface area (Å²) in [6, 6.07) is 12.1. The number of nitro groups is 1. The number of para-hydroxylation sites is 1. The highest BCUT2D eigenvalue weighted by atomic mass is 32.1. The number of aryl methyl sites for hydroxylation is 1. The molecule has 0 aliphatic rings. The summed E-state index contributed by atoms with van der Waals surface area (Å²) in [5.74, 6) is -0.330. The van der Waals surface area contributed by atoms with Crippen LogP contribution in [0.2, 0.25) is 0 Å². The second-order valence-corrected chi connectivity index (χ2v) is 6.34. The molecule has 1 N–H and O–H groups in total. The molecule has 0 fully saturated rings. The minimum atomic E-state index is -0.468. The molecule has 0 aliphatic heterocycles.